The van der Waals surface area contributed by atoms with Crippen LogP contribution in [0.2, 0.25) is 5.02 Å². The fraction of sp³-hybridized carbons (Fsp3) is 0.250. The van der Waals surface area contributed by atoms with Crippen molar-refractivity contribution in [2.24, 2.45) is 5.73 Å². The molecule has 2 rings (SSSR count). The van der Waals surface area contributed by atoms with Gasteiger partial charge in [0.2, 0.25) is 0 Å². The molecule has 0 aliphatic rings. The Hall–Kier alpha value is -0.940. The lowest BCUT2D eigenvalue weighted by atomic mass is 10.0. The summed E-state index contributed by atoms with van der Waals surface area (Å²) in [4.78, 5) is 2.02. The number of hydrogen-bond acceptors (Lipinski definition) is 2. The van der Waals surface area contributed by atoms with Gasteiger partial charge >= 0.3 is 0 Å². The predicted molar refractivity (Wildman–Crippen MR) is 88.8 cm³/mol. The second-order valence-electron chi connectivity index (χ2n) is 4.92. The van der Waals surface area contributed by atoms with Gasteiger partial charge in [0.1, 0.15) is 5.82 Å². The monoisotopic (exact) mass is 370 g/mol. The molecule has 0 aromatic heterocycles. The quantitative estimate of drug-likeness (QED) is 0.845. The molecule has 2 nitrogen and oxygen atoms in total. The Morgan fingerprint density at radius 1 is 1.29 bits per heavy atom. The summed E-state index contributed by atoms with van der Waals surface area (Å²) >= 11 is 9.50. The number of likely N-dealkylation sites (N-methyl/N-ethyl adjacent to an activating group) is 1. The van der Waals surface area contributed by atoms with Crippen molar-refractivity contribution in [2.45, 2.75) is 12.6 Å². The number of rotatable bonds is 5. The van der Waals surface area contributed by atoms with Gasteiger partial charge in [-0.15, -0.1) is 0 Å². The smallest absolute Gasteiger partial charge is 0.128 e. The van der Waals surface area contributed by atoms with Crippen LogP contribution in [0.25, 0.3) is 0 Å². The van der Waals surface area contributed by atoms with E-state index in [4.69, 9.17) is 17.3 Å². The SMILES string of the molecule is CN(Cc1ccccc1Br)C(CN)c1cc(Cl)ccc1F. The molecule has 0 saturated carbocycles. The molecule has 5 heteroatoms. The van der Waals surface area contributed by atoms with Crippen LogP contribution in [0.15, 0.2) is 46.9 Å². The number of halogens is 3. The van der Waals surface area contributed by atoms with Crippen LogP contribution in [0.3, 0.4) is 0 Å². The van der Waals surface area contributed by atoms with Gasteiger partial charge in [0.25, 0.3) is 0 Å². The maximum atomic E-state index is 14.0. The van der Waals surface area contributed by atoms with E-state index in [1.807, 2.05) is 36.2 Å². The molecule has 0 heterocycles. The minimum Gasteiger partial charge on any atom is -0.329 e. The van der Waals surface area contributed by atoms with Gasteiger partial charge < -0.3 is 5.73 Å². The summed E-state index contributed by atoms with van der Waals surface area (Å²) in [6.45, 7) is 0.980. The molecule has 0 radical (unpaired) electrons. The van der Waals surface area contributed by atoms with Crippen molar-refractivity contribution in [3.63, 3.8) is 0 Å². The molecule has 0 saturated heterocycles. The first-order valence-electron chi connectivity index (χ1n) is 6.61. The minimum absolute atomic E-state index is 0.226. The summed E-state index contributed by atoms with van der Waals surface area (Å²) in [5, 5.41) is 0.513. The summed E-state index contributed by atoms with van der Waals surface area (Å²) in [5.41, 5.74) is 7.51. The van der Waals surface area contributed by atoms with Crippen LogP contribution in [-0.2, 0) is 6.54 Å². The van der Waals surface area contributed by atoms with Gasteiger partial charge in [-0.1, -0.05) is 45.7 Å². The zero-order valence-electron chi connectivity index (χ0n) is 11.7. The lowest BCUT2D eigenvalue weighted by molar-refractivity contribution is 0.236. The molecule has 0 aliphatic heterocycles. The summed E-state index contributed by atoms with van der Waals surface area (Å²) < 4.78 is 15.1. The van der Waals surface area contributed by atoms with E-state index in [0.717, 1.165) is 10.0 Å². The van der Waals surface area contributed by atoms with Crippen LogP contribution < -0.4 is 5.73 Å². The third kappa shape index (κ3) is 4.04. The van der Waals surface area contributed by atoms with Crippen LogP contribution in [-0.4, -0.2) is 18.5 Å². The highest BCUT2D eigenvalue weighted by atomic mass is 79.9. The Labute approximate surface area is 137 Å². The van der Waals surface area contributed by atoms with Gasteiger partial charge in [0, 0.05) is 34.2 Å². The highest BCUT2D eigenvalue weighted by Crippen LogP contribution is 2.27. The van der Waals surface area contributed by atoms with E-state index in [9.17, 15) is 4.39 Å². The summed E-state index contributed by atoms with van der Waals surface area (Å²) in [7, 11) is 1.93. The minimum atomic E-state index is -0.283. The van der Waals surface area contributed by atoms with E-state index in [-0.39, 0.29) is 11.9 Å². The molecule has 2 aromatic carbocycles. The lowest BCUT2D eigenvalue weighted by Crippen LogP contribution is -2.31. The normalized spacial score (nSPS) is 12.7. The number of benzene rings is 2. The van der Waals surface area contributed by atoms with E-state index in [1.165, 1.54) is 6.07 Å². The Morgan fingerprint density at radius 3 is 2.67 bits per heavy atom. The topological polar surface area (TPSA) is 29.3 Å². The lowest BCUT2D eigenvalue weighted by Gasteiger charge is -2.28. The fourth-order valence-corrected chi connectivity index (χ4v) is 2.91. The van der Waals surface area contributed by atoms with E-state index in [0.29, 0.717) is 23.7 Å². The maximum Gasteiger partial charge on any atom is 0.128 e. The largest absolute Gasteiger partial charge is 0.329 e. The van der Waals surface area contributed by atoms with Gasteiger partial charge in [-0.25, -0.2) is 4.39 Å². The van der Waals surface area contributed by atoms with Crippen molar-refractivity contribution >= 4 is 27.5 Å². The highest BCUT2D eigenvalue weighted by molar-refractivity contribution is 9.10. The Balaban J connectivity index is 2.25. The van der Waals surface area contributed by atoms with Crippen molar-refractivity contribution in [3.8, 4) is 0 Å². The molecular weight excluding hydrogens is 355 g/mol. The first kappa shape index (κ1) is 16.4. The molecule has 0 amide bonds. The summed E-state index contributed by atoms with van der Waals surface area (Å²) in [6.07, 6.45) is 0. The van der Waals surface area contributed by atoms with Crippen LogP contribution >= 0.6 is 27.5 Å². The Kier molecular flexibility index (Phi) is 5.76. The average Bonchev–Trinajstić information content (AvgIpc) is 2.46. The predicted octanol–water partition coefficient (Wildman–Crippen LogP) is 4.37. The van der Waals surface area contributed by atoms with E-state index in [2.05, 4.69) is 15.9 Å². The van der Waals surface area contributed by atoms with Crippen molar-refractivity contribution in [3.05, 3.63) is 68.9 Å². The maximum absolute atomic E-state index is 14.0. The fourth-order valence-electron chi connectivity index (χ4n) is 2.32. The van der Waals surface area contributed by atoms with Gasteiger partial charge in [-0.05, 0) is 36.9 Å². The third-order valence-electron chi connectivity index (χ3n) is 3.45. The molecule has 1 atom stereocenters. The summed E-state index contributed by atoms with van der Waals surface area (Å²) in [5.74, 6) is -0.283. The van der Waals surface area contributed by atoms with Gasteiger partial charge in [0.15, 0.2) is 0 Å². The molecule has 21 heavy (non-hydrogen) atoms. The summed E-state index contributed by atoms with van der Waals surface area (Å²) in [6, 6.07) is 12.3. The zero-order chi connectivity index (χ0) is 15.4. The molecule has 2 aromatic rings. The number of hydrogen-bond donors (Lipinski definition) is 1. The van der Waals surface area contributed by atoms with Gasteiger partial charge in [-0.3, -0.25) is 4.90 Å². The molecule has 112 valence electrons. The molecule has 1 unspecified atom stereocenters. The van der Waals surface area contributed by atoms with Crippen LogP contribution in [0, 0.1) is 5.82 Å². The molecular formula is C16H17BrClFN2. The first-order chi connectivity index (χ1) is 10.0. The van der Waals surface area contributed by atoms with Crippen molar-refractivity contribution in [1.82, 2.24) is 4.90 Å². The Morgan fingerprint density at radius 2 is 2.00 bits per heavy atom. The zero-order valence-corrected chi connectivity index (χ0v) is 14.0. The molecule has 0 spiro atoms. The Bertz CT molecular complexity index is 621. The standard InChI is InChI=1S/C16H17BrClFN2/c1-21(10-11-4-2-3-5-14(11)17)16(9-20)13-8-12(18)6-7-15(13)19/h2-8,16H,9-10,20H2,1H3. The third-order valence-corrected chi connectivity index (χ3v) is 4.46. The van der Waals surface area contributed by atoms with E-state index in [1.54, 1.807) is 12.1 Å². The molecule has 0 aliphatic carbocycles. The van der Waals surface area contributed by atoms with Crippen LogP contribution in [0.5, 0.6) is 0 Å². The second-order valence-corrected chi connectivity index (χ2v) is 6.21. The van der Waals surface area contributed by atoms with Gasteiger partial charge in [-0.2, -0.15) is 0 Å². The van der Waals surface area contributed by atoms with Crippen molar-refractivity contribution in [1.29, 1.82) is 0 Å². The molecule has 0 fully saturated rings. The highest BCUT2D eigenvalue weighted by Gasteiger charge is 2.20. The first-order valence-corrected chi connectivity index (χ1v) is 7.78. The average molecular weight is 372 g/mol. The molecule has 0 bridgehead atoms. The van der Waals surface area contributed by atoms with E-state index >= 15 is 0 Å². The second kappa shape index (κ2) is 7.36. The van der Waals surface area contributed by atoms with Crippen LogP contribution in [0.1, 0.15) is 17.2 Å². The van der Waals surface area contributed by atoms with E-state index < -0.39 is 0 Å². The van der Waals surface area contributed by atoms with Gasteiger partial charge in [0.05, 0.1) is 0 Å². The van der Waals surface area contributed by atoms with Crippen LogP contribution in [0.4, 0.5) is 4.39 Å². The van der Waals surface area contributed by atoms with Crippen molar-refractivity contribution < 1.29 is 4.39 Å². The van der Waals surface area contributed by atoms with Crippen molar-refractivity contribution in [2.75, 3.05) is 13.6 Å². The molecule has 2 N–H and O–H groups in total. The number of nitrogens with two attached hydrogens (primary N) is 1. The number of nitrogens with zero attached hydrogens (tertiary/aromatic N) is 1.